The summed E-state index contributed by atoms with van der Waals surface area (Å²) in [6.07, 6.45) is 1.00. The van der Waals surface area contributed by atoms with Crippen LogP contribution in [0.2, 0.25) is 0 Å². The number of nitrogens with zero attached hydrogens (tertiary/aromatic N) is 3. The number of aromatic nitrogens is 2. The van der Waals surface area contributed by atoms with Gasteiger partial charge in [0.2, 0.25) is 11.2 Å². The van der Waals surface area contributed by atoms with Crippen molar-refractivity contribution >= 4 is 29.2 Å². The van der Waals surface area contributed by atoms with Gasteiger partial charge >= 0.3 is 18.1 Å². The van der Waals surface area contributed by atoms with Crippen molar-refractivity contribution in [3.63, 3.8) is 0 Å². The highest BCUT2D eigenvalue weighted by Crippen LogP contribution is 2.45. The van der Waals surface area contributed by atoms with Crippen molar-refractivity contribution in [2.45, 2.75) is 50.7 Å². The molecule has 3 N–H and O–H groups in total. The second-order valence-electron chi connectivity index (χ2n) is 10.9. The Morgan fingerprint density at radius 3 is 2.33 bits per heavy atom. The molecule has 1 atom stereocenters. The summed E-state index contributed by atoms with van der Waals surface area (Å²) in [4.78, 5) is 27.7. The molecule has 1 spiro atoms. The van der Waals surface area contributed by atoms with E-state index in [1.54, 1.807) is 48.1 Å². The van der Waals surface area contributed by atoms with Crippen molar-refractivity contribution in [3.8, 4) is 0 Å². The number of carbonyl (C=O) groups is 2. The third-order valence-electron chi connectivity index (χ3n) is 7.80. The number of rotatable bonds is 6. The topological polar surface area (TPSA) is 103 Å². The van der Waals surface area contributed by atoms with Gasteiger partial charge in [0.1, 0.15) is 0 Å². The summed E-state index contributed by atoms with van der Waals surface area (Å²) < 4.78 is 47.7. The summed E-state index contributed by atoms with van der Waals surface area (Å²) in [5, 5.41) is 11.4. The van der Waals surface area contributed by atoms with E-state index >= 15 is 0 Å². The van der Waals surface area contributed by atoms with Crippen LogP contribution < -0.4 is 20.6 Å². The Morgan fingerprint density at radius 1 is 1.05 bits per heavy atom. The van der Waals surface area contributed by atoms with Crippen molar-refractivity contribution in [2.75, 3.05) is 36.1 Å². The molecule has 5 rings (SSSR count). The molecule has 1 aliphatic heterocycles. The van der Waals surface area contributed by atoms with Gasteiger partial charge in [0.05, 0.1) is 11.5 Å². The van der Waals surface area contributed by atoms with Crippen molar-refractivity contribution in [1.82, 2.24) is 10.2 Å². The highest BCUT2D eigenvalue weighted by Gasteiger charge is 2.46. The third-order valence-corrected chi connectivity index (χ3v) is 7.80. The molecule has 40 heavy (non-hydrogen) atoms. The minimum Gasteiger partial charge on any atom is -0.325 e. The fourth-order valence-electron chi connectivity index (χ4n) is 5.73. The molecule has 0 radical (unpaired) electrons. The zero-order valence-corrected chi connectivity index (χ0v) is 22.3. The lowest BCUT2D eigenvalue weighted by atomic mass is 9.67. The lowest BCUT2D eigenvalue weighted by Crippen LogP contribution is -2.57. The molecule has 9 nitrogen and oxygen atoms in total. The molecule has 0 unspecified atom stereocenters. The van der Waals surface area contributed by atoms with Crippen LogP contribution in [0.15, 0.2) is 59.3 Å². The van der Waals surface area contributed by atoms with Gasteiger partial charge in [-0.25, -0.2) is 4.79 Å². The minimum absolute atomic E-state index is 0.0679. The summed E-state index contributed by atoms with van der Waals surface area (Å²) in [5.74, 6) is -1.01. The molecule has 2 aliphatic rings. The van der Waals surface area contributed by atoms with Gasteiger partial charge in [-0.2, -0.15) is 13.2 Å². The van der Waals surface area contributed by atoms with Gasteiger partial charge in [0, 0.05) is 37.3 Å². The van der Waals surface area contributed by atoms with E-state index in [2.05, 4.69) is 33.2 Å². The molecule has 1 aromatic heterocycles. The number of amides is 3. The van der Waals surface area contributed by atoms with E-state index in [4.69, 9.17) is 4.52 Å². The Kier molecular flexibility index (Phi) is 7.54. The summed E-state index contributed by atoms with van der Waals surface area (Å²) in [6.45, 7) is 3.89. The molecule has 3 amide bonds. The molecule has 1 saturated heterocycles. The van der Waals surface area contributed by atoms with E-state index in [9.17, 15) is 22.8 Å². The number of benzene rings is 2. The predicted molar refractivity (Wildman–Crippen MR) is 142 cm³/mol. The molecule has 3 aromatic rings. The van der Waals surface area contributed by atoms with E-state index in [0.717, 1.165) is 56.5 Å². The van der Waals surface area contributed by atoms with E-state index in [1.165, 1.54) is 6.07 Å². The van der Waals surface area contributed by atoms with Crippen LogP contribution in [0.1, 0.15) is 55.7 Å². The molecule has 2 aromatic carbocycles. The second kappa shape index (κ2) is 10.9. The number of urea groups is 1. The van der Waals surface area contributed by atoms with Crippen LogP contribution in [0.5, 0.6) is 0 Å². The highest BCUT2D eigenvalue weighted by atomic mass is 19.4. The summed E-state index contributed by atoms with van der Waals surface area (Å²) in [6, 6.07) is 11.1. The Hall–Kier alpha value is -3.93. The average molecular weight is 558 g/mol. The Bertz CT molecular complexity index is 1360. The number of carbonyl (C=O) groups excluding carboxylic acids is 2. The lowest BCUT2D eigenvalue weighted by molar-refractivity contribution is -0.788. The standard InChI is InChI=1S/C28H31F3N6O3/c1-18(19-6-4-3-5-7-19)25(38)32-21-12-20(28(29,30)31)13-22(14-21)33-26(39)34-24-15-37(35-40-24)23-8-10-27(11-9-23)16-36(2)17-27/h3-7,12-15,18,23H,8-11,16-17H2,1-2H3,(H2-,32,33,34,35,38,39)/p+1/t18-/m0/s1. The van der Waals surface area contributed by atoms with E-state index in [1.807, 2.05) is 0 Å². The number of anilines is 3. The quantitative estimate of drug-likeness (QED) is 0.352. The maximum absolute atomic E-state index is 13.6. The monoisotopic (exact) mass is 557 g/mol. The number of halogens is 3. The molecule has 2 fully saturated rings. The van der Waals surface area contributed by atoms with Crippen LogP contribution in [0, 0.1) is 5.41 Å². The van der Waals surface area contributed by atoms with Gasteiger partial charge in [-0.15, -0.1) is 0 Å². The Balaban J connectivity index is 1.22. The van der Waals surface area contributed by atoms with Gasteiger partial charge in [-0.05, 0) is 60.7 Å². The molecule has 0 bridgehead atoms. The number of alkyl halides is 3. The number of hydrogen-bond donors (Lipinski definition) is 3. The summed E-state index contributed by atoms with van der Waals surface area (Å²) >= 11 is 0. The van der Waals surface area contributed by atoms with Gasteiger partial charge in [0.15, 0.2) is 6.04 Å². The SMILES string of the molecule is C[C@H](C(=O)Nc1cc(NC(=O)Nc2c[n+](C3CCC4(CC3)CN(C)C4)no2)cc(C(F)(F)F)c1)c1ccccc1. The molecule has 2 heterocycles. The van der Waals surface area contributed by atoms with E-state index in [-0.39, 0.29) is 23.3 Å². The second-order valence-corrected chi connectivity index (χ2v) is 10.9. The maximum Gasteiger partial charge on any atom is 0.416 e. The molecular weight excluding hydrogens is 525 g/mol. The van der Waals surface area contributed by atoms with Crippen molar-refractivity contribution < 1.29 is 32.0 Å². The average Bonchev–Trinajstić information content (AvgIpc) is 3.36. The zero-order chi connectivity index (χ0) is 28.5. The first-order valence-electron chi connectivity index (χ1n) is 13.2. The molecule has 1 aliphatic carbocycles. The van der Waals surface area contributed by atoms with Crippen LogP contribution in [0.25, 0.3) is 0 Å². The zero-order valence-electron chi connectivity index (χ0n) is 22.3. The normalized spacial score (nSPS) is 18.1. The van der Waals surface area contributed by atoms with Gasteiger partial charge in [-0.1, -0.05) is 30.3 Å². The number of hydrogen-bond acceptors (Lipinski definition) is 5. The molecule has 212 valence electrons. The summed E-state index contributed by atoms with van der Waals surface area (Å²) in [5.41, 5.74) is -0.136. The molecule has 12 heteroatoms. The molecular formula is C28H32F3N6O3+. The first kappa shape index (κ1) is 27.6. The number of nitrogens with one attached hydrogen (secondary N) is 3. The Morgan fingerprint density at radius 2 is 1.70 bits per heavy atom. The predicted octanol–water partition coefficient (Wildman–Crippen LogP) is 5.41. The van der Waals surface area contributed by atoms with Crippen LogP contribution in [-0.2, 0) is 11.0 Å². The van der Waals surface area contributed by atoms with Gasteiger partial charge in [0.25, 0.3) is 6.20 Å². The first-order valence-corrected chi connectivity index (χ1v) is 13.2. The minimum atomic E-state index is -4.69. The van der Waals surface area contributed by atoms with Gasteiger partial charge < -0.3 is 15.5 Å². The fraction of sp³-hybridized carbons (Fsp3) is 0.429. The summed E-state index contributed by atoms with van der Waals surface area (Å²) in [7, 11) is 2.12. The highest BCUT2D eigenvalue weighted by molar-refractivity contribution is 6.00. The van der Waals surface area contributed by atoms with Crippen molar-refractivity contribution in [3.05, 3.63) is 65.9 Å². The maximum atomic E-state index is 13.6. The van der Waals surface area contributed by atoms with E-state index < -0.39 is 29.6 Å². The van der Waals surface area contributed by atoms with E-state index in [0.29, 0.717) is 5.41 Å². The van der Waals surface area contributed by atoms with Crippen LogP contribution in [0.4, 0.5) is 35.2 Å². The van der Waals surface area contributed by atoms with Crippen LogP contribution >= 0.6 is 0 Å². The number of likely N-dealkylation sites (tertiary alicyclic amines) is 1. The van der Waals surface area contributed by atoms with Gasteiger partial charge in [-0.3, -0.25) is 14.6 Å². The third kappa shape index (κ3) is 6.27. The van der Waals surface area contributed by atoms with Crippen LogP contribution in [-0.4, -0.2) is 42.2 Å². The fourth-order valence-corrected chi connectivity index (χ4v) is 5.73. The molecule has 1 saturated carbocycles. The largest absolute Gasteiger partial charge is 0.416 e. The van der Waals surface area contributed by atoms with Crippen LogP contribution in [0.3, 0.4) is 0 Å². The smallest absolute Gasteiger partial charge is 0.325 e. The van der Waals surface area contributed by atoms with Crippen molar-refractivity contribution in [2.24, 2.45) is 5.41 Å². The van der Waals surface area contributed by atoms with Crippen molar-refractivity contribution in [1.29, 1.82) is 0 Å². The Labute approximate surface area is 229 Å². The lowest BCUT2D eigenvalue weighted by Gasteiger charge is -2.51. The first-order chi connectivity index (χ1) is 19.0.